The number of nitrogens with zero attached hydrogens (tertiary/aromatic N) is 1. The van der Waals surface area contributed by atoms with Gasteiger partial charge in [0.25, 0.3) is 0 Å². The van der Waals surface area contributed by atoms with Gasteiger partial charge in [0, 0.05) is 5.71 Å². The number of aliphatic imine (C=N–C) groups is 1. The smallest absolute Gasteiger partial charge is 0.0687 e. The first-order valence-electron chi connectivity index (χ1n) is 6.79. The van der Waals surface area contributed by atoms with Gasteiger partial charge in [-0.05, 0) is 69.4 Å². The van der Waals surface area contributed by atoms with Crippen LogP contribution in [-0.4, -0.2) is 5.71 Å². The lowest BCUT2D eigenvalue weighted by atomic mass is 9.98. The van der Waals surface area contributed by atoms with Gasteiger partial charge in [0.05, 0.1) is 5.69 Å². The molecule has 1 unspecified atom stereocenters. The van der Waals surface area contributed by atoms with Crippen LogP contribution in [0.1, 0.15) is 42.4 Å². The van der Waals surface area contributed by atoms with E-state index in [4.69, 9.17) is 4.99 Å². The Bertz CT molecular complexity index is 461. The summed E-state index contributed by atoms with van der Waals surface area (Å²) < 4.78 is 0. The van der Waals surface area contributed by atoms with Gasteiger partial charge in [-0.25, -0.2) is 0 Å². The van der Waals surface area contributed by atoms with E-state index in [0.29, 0.717) is 0 Å². The van der Waals surface area contributed by atoms with E-state index in [0.717, 1.165) is 11.8 Å². The van der Waals surface area contributed by atoms with Crippen molar-refractivity contribution in [2.75, 3.05) is 0 Å². The van der Waals surface area contributed by atoms with Gasteiger partial charge in [-0.2, -0.15) is 0 Å². The SMILES string of the molecule is Cc1cc(C)c(N=C2C[C@@H]3CCC2C3)c(C)c1. The van der Waals surface area contributed by atoms with Crippen LogP contribution < -0.4 is 0 Å². The molecule has 3 rings (SSSR count). The maximum Gasteiger partial charge on any atom is 0.0687 e. The van der Waals surface area contributed by atoms with Gasteiger partial charge in [-0.1, -0.05) is 17.7 Å². The predicted octanol–water partition coefficient (Wildman–Crippen LogP) is 4.50. The highest BCUT2D eigenvalue weighted by Crippen LogP contribution is 2.43. The molecule has 2 fully saturated rings. The highest BCUT2D eigenvalue weighted by Gasteiger charge is 2.36. The lowest BCUT2D eigenvalue weighted by Gasteiger charge is -2.14. The van der Waals surface area contributed by atoms with Gasteiger partial charge in [0.1, 0.15) is 0 Å². The molecular formula is C16H21N. The topological polar surface area (TPSA) is 12.4 Å². The summed E-state index contributed by atoms with van der Waals surface area (Å²) in [6.07, 6.45) is 5.49. The minimum absolute atomic E-state index is 0.806. The summed E-state index contributed by atoms with van der Waals surface area (Å²) >= 11 is 0. The van der Waals surface area contributed by atoms with Crippen LogP contribution in [0.2, 0.25) is 0 Å². The van der Waals surface area contributed by atoms with E-state index in [9.17, 15) is 0 Å². The number of aryl methyl sites for hydroxylation is 3. The summed E-state index contributed by atoms with van der Waals surface area (Å²) in [5.74, 6) is 1.75. The molecule has 0 aliphatic heterocycles. The molecule has 0 spiro atoms. The van der Waals surface area contributed by atoms with Gasteiger partial charge in [0.15, 0.2) is 0 Å². The van der Waals surface area contributed by atoms with E-state index in [-0.39, 0.29) is 0 Å². The molecule has 17 heavy (non-hydrogen) atoms. The number of hydrogen-bond donors (Lipinski definition) is 0. The van der Waals surface area contributed by atoms with Gasteiger partial charge >= 0.3 is 0 Å². The first-order chi connectivity index (χ1) is 8.13. The molecule has 1 aromatic carbocycles. The summed E-state index contributed by atoms with van der Waals surface area (Å²) in [5, 5.41) is 0. The molecule has 1 aromatic rings. The number of rotatable bonds is 1. The molecule has 2 aliphatic carbocycles. The van der Waals surface area contributed by atoms with Crippen LogP contribution in [-0.2, 0) is 0 Å². The quantitative estimate of drug-likeness (QED) is 0.669. The lowest BCUT2D eigenvalue weighted by Crippen LogP contribution is -2.08. The fourth-order valence-corrected chi connectivity index (χ4v) is 3.65. The second kappa shape index (κ2) is 3.97. The van der Waals surface area contributed by atoms with Crippen molar-refractivity contribution < 1.29 is 0 Å². The van der Waals surface area contributed by atoms with E-state index in [1.54, 1.807) is 0 Å². The van der Waals surface area contributed by atoms with Crippen molar-refractivity contribution in [1.82, 2.24) is 0 Å². The van der Waals surface area contributed by atoms with E-state index in [2.05, 4.69) is 32.9 Å². The van der Waals surface area contributed by atoms with Crippen molar-refractivity contribution in [3.05, 3.63) is 28.8 Å². The molecule has 0 N–H and O–H groups in total. The average Bonchev–Trinajstić information content (AvgIpc) is 2.84. The third kappa shape index (κ3) is 1.92. The van der Waals surface area contributed by atoms with E-state index in [1.165, 1.54) is 53.8 Å². The minimum Gasteiger partial charge on any atom is -0.257 e. The van der Waals surface area contributed by atoms with E-state index >= 15 is 0 Å². The Morgan fingerprint density at radius 2 is 1.76 bits per heavy atom. The van der Waals surface area contributed by atoms with Crippen LogP contribution in [0.25, 0.3) is 0 Å². The number of fused-ring (bicyclic) bond motifs is 2. The Morgan fingerprint density at radius 1 is 1.06 bits per heavy atom. The third-order valence-corrected chi connectivity index (χ3v) is 4.40. The van der Waals surface area contributed by atoms with Gasteiger partial charge < -0.3 is 0 Å². The van der Waals surface area contributed by atoms with Crippen LogP contribution >= 0.6 is 0 Å². The molecule has 0 amide bonds. The summed E-state index contributed by atoms with van der Waals surface area (Å²) in [6, 6.07) is 4.50. The van der Waals surface area contributed by atoms with Gasteiger partial charge in [-0.3, -0.25) is 4.99 Å². The Kier molecular flexibility index (Phi) is 2.57. The summed E-state index contributed by atoms with van der Waals surface area (Å²) in [4.78, 5) is 5.00. The Morgan fingerprint density at radius 3 is 2.29 bits per heavy atom. The summed E-state index contributed by atoms with van der Waals surface area (Å²) in [6.45, 7) is 6.54. The van der Waals surface area contributed by atoms with E-state index < -0.39 is 0 Å². The zero-order valence-electron chi connectivity index (χ0n) is 11.1. The molecule has 2 saturated carbocycles. The van der Waals surface area contributed by atoms with Crippen LogP contribution in [0, 0.1) is 32.6 Å². The monoisotopic (exact) mass is 227 g/mol. The minimum atomic E-state index is 0.806. The van der Waals surface area contributed by atoms with Crippen molar-refractivity contribution in [2.24, 2.45) is 16.8 Å². The standard InChI is InChI=1S/C16H21N/c1-10-6-11(2)16(12(3)7-10)17-15-9-13-4-5-14(15)8-13/h6-7,13-14H,4-5,8-9H2,1-3H3/t13-,14?/m1/s1. The van der Waals surface area contributed by atoms with E-state index in [1.807, 2.05) is 0 Å². The fourth-order valence-electron chi connectivity index (χ4n) is 3.65. The van der Waals surface area contributed by atoms with Crippen LogP contribution in [0.4, 0.5) is 5.69 Å². The van der Waals surface area contributed by atoms with Crippen LogP contribution in [0.5, 0.6) is 0 Å². The zero-order chi connectivity index (χ0) is 12.0. The third-order valence-electron chi connectivity index (χ3n) is 4.40. The first kappa shape index (κ1) is 11.0. The van der Waals surface area contributed by atoms with Gasteiger partial charge in [0.2, 0.25) is 0 Å². The Hall–Kier alpha value is -1.11. The van der Waals surface area contributed by atoms with Crippen LogP contribution in [0.3, 0.4) is 0 Å². The van der Waals surface area contributed by atoms with Crippen molar-refractivity contribution in [1.29, 1.82) is 0 Å². The molecule has 90 valence electrons. The maximum atomic E-state index is 5.00. The molecular weight excluding hydrogens is 206 g/mol. The molecule has 2 atom stereocenters. The van der Waals surface area contributed by atoms with Gasteiger partial charge in [-0.15, -0.1) is 0 Å². The summed E-state index contributed by atoms with van der Waals surface area (Å²) in [5.41, 5.74) is 6.72. The van der Waals surface area contributed by atoms with Crippen molar-refractivity contribution >= 4 is 11.4 Å². The van der Waals surface area contributed by atoms with Crippen molar-refractivity contribution in [3.8, 4) is 0 Å². The predicted molar refractivity (Wildman–Crippen MR) is 73.2 cm³/mol. The Balaban J connectivity index is 1.98. The molecule has 0 heterocycles. The number of benzene rings is 1. The summed E-state index contributed by atoms with van der Waals surface area (Å²) in [7, 11) is 0. The molecule has 0 aromatic heterocycles. The van der Waals surface area contributed by atoms with Crippen LogP contribution in [0.15, 0.2) is 17.1 Å². The molecule has 2 bridgehead atoms. The zero-order valence-corrected chi connectivity index (χ0v) is 11.1. The molecule has 2 aliphatic rings. The second-order valence-corrected chi connectivity index (χ2v) is 5.93. The second-order valence-electron chi connectivity index (χ2n) is 5.93. The fraction of sp³-hybridized carbons (Fsp3) is 0.562. The van der Waals surface area contributed by atoms with Crippen molar-refractivity contribution in [3.63, 3.8) is 0 Å². The molecule has 1 nitrogen and oxygen atoms in total. The molecule has 0 saturated heterocycles. The Labute approximate surface area is 104 Å². The average molecular weight is 227 g/mol. The molecule has 1 heteroatoms. The maximum absolute atomic E-state index is 5.00. The highest BCUT2D eigenvalue weighted by molar-refractivity contribution is 5.92. The first-order valence-corrected chi connectivity index (χ1v) is 6.79. The highest BCUT2D eigenvalue weighted by atomic mass is 14.8. The number of hydrogen-bond acceptors (Lipinski definition) is 1. The largest absolute Gasteiger partial charge is 0.257 e. The van der Waals surface area contributed by atoms with Crippen molar-refractivity contribution in [2.45, 2.75) is 46.5 Å². The normalized spacial score (nSPS) is 29.2. The lowest BCUT2D eigenvalue weighted by molar-refractivity contribution is 0.592. The molecule has 0 radical (unpaired) electrons.